The number of nitrogens with zero attached hydrogens (tertiary/aromatic N) is 1. The summed E-state index contributed by atoms with van der Waals surface area (Å²) in [6.45, 7) is 0. The molecule has 2 aromatic carbocycles. The van der Waals surface area contributed by atoms with Gasteiger partial charge in [-0.1, -0.05) is 30.3 Å². The molecule has 1 N–H and O–H groups in total. The highest BCUT2D eigenvalue weighted by atomic mass is 19.4. The van der Waals surface area contributed by atoms with Crippen LogP contribution < -0.4 is 0 Å². The zero-order valence-corrected chi connectivity index (χ0v) is 9.70. The van der Waals surface area contributed by atoms with E-state index in [1.807, 2.05) is 0 Å². The summed E-state index contributed by atoms with van der Waals surface area (Å²) in [5.74, 6) is 0. The van der Waals surface area contributed by atoms with Crippen molar-refractivity contribution in [3.05, 3.63) is 54.4 Å². The van der Waals surface area contributed by atoms with Gasteiger partial charge in [-0.3, -0.25) is 0 Å². The van der Waals surface area contributed by atoms with Gasteiger partial charge >= 0.3 is 6.18 Å². The van der Waals surface area contributed by atoms with Gasteiger partial charge in [-0.15, -0.1) is 0 Å². The summed E-state index contributed by atoms with van der Waals surface area (Å²) in [7, 11) is 0. The minimum atomic E-state index is -4.38. The highest BCUT2D eigenvalue weighted by Gasteiger charge is 2.33. The summed E-state index contributed by atoms with van der Waals surface area (Å²) in [5, 5.41) is 0. The molecule has 0 saturated heterocycles. The van der Waals surface area contributed by atoms with E-state index in [-0.39, 0.29) is 5.56 Å². The van der Waals surface area contributed by atoms with E-state index >= 15 is 0 Å². The maximum atomic E-state index is 13.0. The number of halogens is 3. The smallest absolute Gasteiger partial charge is 0.345 e. The Morgan fingerprint density at radius 1 is 0.895 bits per heavy atom. The Labute approximate surface area is 106 Å². The Balaban J connectivity index is 2.31. The normalized spacial score (nSPS) is 11.9. The first-order valence-electron chi connectivity index (χ1n) is 5.66. The molecule has 19 heavy (non-hydrogen) atoms. The van der Waals surface area contributed by atoms with Crippen LogP contribution in [0, 0.1) is 0 Å². The van der Waals surface area contributed by atoms with Crippen molar-refractivity contribution in [3.8, 4) is 11.1 Å². The molecule has 3 aromatic rings. The first-order valence-corrected chi connectivity index (χ1v) is 5.66. The van der Waals surface area contributed by atoms with E-state index in [2.05, 4.69) is 9.97 Å². The van der Waals surface area contributed by atoms with Crippen LogP contribution in [0.3, 0.4) is 0 Å². The maximum Gasteiger partial charge on any atom is 0.417 e. The molecule has 5 heteroatoms. The molecule has 1 heterocycles. The lowest BCUT2D eigenvalue weighted by molar-refractivity contribution is -0.137. The number of benzene rings is 2. The molecule has 0 aliphatic heterocycles. The van der Waals surface area contributed by atoms with Gasteiger partial charge in [0.25, 0.3) is 0 Å². The third-order valence-electron chi connectivity index (χ3n) is 2.97. The first-order chi connectivity index (χ1) is 9.07. The highest BCUT2D eigenvalue weighted by Crippen LogP contribution is 2.38. The Morgan fingerprint density at radius 3 is 2.42 bits per heavy atom. The van der Waals surface area contributed by atoms with Gasteiger partial charge < -0.3 is 4.98 Å². The van der Waals surface area contributed by atoms with Crippen molar-refractivity contribution in [2.24, 2.45) is 0 Å². The number of rotatable bonds is 1. The molecule has 0 unspecified atom stereocenters. The molecule has 0 saturated carbocycles. The van der Waals surface area contributed by atoms with Gasteiger partial charge in [-0.2, -0.15) is 13.2 Å². The van der Waals surface area contributed by atoms with Crippen LogP contribution in [-0.2, 0) is 6.18 Å². The number of hydrogen-bond acceptors (Lipinski definition) is 1. The summed E-state index contributed by atoms with van der Waals surface area (Å²) in [4.78, 5) is 6.99. The van der Waals surface area contributed by atoms with Gasteiger partial charge in [0.15, 0.2) is 0 Å². The van der Waals surface area contributed by atoms with Crippen LogP contribution in [0.2, 0.25) is 0 Å². The Bertz CT molecular complexity index is 729. The summed E-state index contributed by atoms with van der Waals surface area (Å²) < 4.78 is 39.1. The number of para-hydroxylation sites is 1. The number of imidazole rings is 1. The molecule has 2 nitrogen and oxygen atoms in total. The Hall–Kier alpha value is -2.30. The van der Waals surface area contributed by atoms with Crippen LogP contribution in [0.1, 0.15) is 5.56 Å². The fraction of sp³-hybridized carbons (Fsp3) is 0.0714. The van der Waals surface area contributed by atoms with Crippen LogP contribution in [0.25, 0.3) is 22.2 Å². The lowest BCUT2D eigenvalue weighted by atomic mass is 9.98. The van der Waals surface area contributed by atoms with E-state index < -0.39 is 11.7 Å². The summed E-state index contributed by atoms with van der Waals surface area (Å²) in [6.07, 6.45) is -2.90. The van der Waals surface area contributed by atoms with Crippen LogP contribution in [-0.4, -0.2) is 9.97 Å². The highest BCUT2D eigenvalue weighted by molar-refractivity contribution is 5.92. The van der Waals surface area contributed by atoms with Crippen LogP contribution in [0.4, 0.5) is 13.2 Å². The standard InChI is InChI=1S/C14H9F3N2/c15-14(16,17)11-6-2-1-4-9(11)10-5-3-7-12-13(10)19-8-18-12/h1-8H,(H,18,19). The summed E-state index contributed by atoms with van der Waals surface area (Å²) in [6, 6.07) is 10.7. The Morgan fingerprint density at radius 2 is 1.63 bits per heavy atom. The third kappa shape index (κ3) is 1.97. The minimum Gasteiger partial charge on any atom is -0.345 e. The monoisotopic (exact) mass is 262 g/mol. The largest absolute Gasteiger partial charge is 0.417 e. The molecule has 0 fully saturated rings. The number of H-pyrrole nitrogens is 1. The fourth-order valence-corrected chi connectivity index (χ4v) is 2.15. The molecule has 0 amide bonds. The molecule has 0 aliphatic carbocycles. The van der Waals surface area contributed by atoms with Crippen LogP contribution >= 0.6 is 0 Å². The third-order valence-corrected chi connectivity index (χ3v) is 2.97. The molecule has 0 atom stereocenters. The predicted octanol–water partition coefficient (Wildman–Crippen LogP) is 4.25. The van der Waals surface area contributed by atoms with Crippen molar-refractivity contribution in [1.82, 2.24) is 9.97 Å². The molecule has 0 radical (unpaired) electrons. The summed E-state index contributed by atoms with van der Waals surface area (Å²) >= 11 is 0. The van der Waals surface area contributed by atoms with Gasteiger partial charge in [-0.05, 0) is 17.7 Å². The average molecular weight is 262 g/mol. The van der Waals surface area contributed by atoms with Gasteiger partial charge in [0, 0.05) is 5.56 Å². The van der Waals surface area contributed by atoms with Crippen LogP contribution in [0.15, 0.2) is 48.8 Å². The minimum absolute atomic E-state index is 0.146. The van der Waals surface area contributed by atoms with E-state index in [0.29, 0.717) is 11.1 Å². The average Bonchev–Trinajstić information content (AvgIpc) is 2.85. The SMILES string of the molecule is FC(F)(F)c1ccccc1-c1cccc2[nH]cnc12. The molecular weight excluding hydrogens is 253 g/mol. The fourth-order valence-electron chi connectivity index (χ4n) is 2.15. The van der Waals surface area contributed by atoms with Crippen molar-refractivity contribution >= 4 is 11.0 Å². The second kappa shape index (κ2) is 4.12. The summed E-state index contributed by atoms with van der Waals surface area (Å²) in [5.41, 5.74) is 1.23. The van der Waals surface area contributed by atoms with Gasteiger partial charge in [0.05, 0.1) is 22.9 Å². The van der Waals surface area contributed by atoms with Crippen molar-refractivity contribution < 1.29 is 13.2 Å². The molecule has 96 valence electrons. The number of aromatic amines is 1. The van der Waals surface area contributed by atoms with E-state index in [0.717, 1.165) is 11.6 Å². The molecule has 0 spiro atoms. The number of fused-ring (bicyclic) bond motifs is 1. The lowest BCUT2D eigenvalue weighted by Crippen LogP contribution is -2.06. The van der Waals surface area contributed by atoms with Crippen molar-refractivity contribution in [2.75, 3.05) is 0 Å². The predicted molar refractivity (Wildman–Crippen MR) is 66.5 cm³/mol. The molecule has 1 aromatic heterocycles. The number of alkyl halides is 3. The topological polar surface area (TPSA) is 28.7 Å². The number of nitrogens with one attached hydrogen (secondary N) is 1. The molecule has 0 bridgehead atoms. The van der Waals surface area contributed by atoms with E-state index in [1.54, 1.807) is 24.3 Å². The first kappa shape index (κ1) is 11.8. The molecular formula is C14H9F3N2. The van der Waals surface area contributed by atoms with Gasteiger partial charge in [0.2, 0.25) is 0 Å². The van der Waals surface area contributed by atoms with Crippen molar-refractivity contribution in [1.29, 1.82) is 0 Å². The zero-order valence-electron chi connectivity index (χ0n) is 9.70. The quantitative estimate of drug-likeness (QED) is 0.697. The van der Waals surface area contributed by atoms with E-state index in [1.165, 1.54) is 18.5 Å². The Kier molecular flexibility index (Phi) is 2.55. The lowest BCUT2D eigenvalue weighted by Gasteiger charge is -2.13. The molecule has 0 aliphatic rings. The van der Waals surface area contributed by atoms with Crippen molar-refractivity contribution in [2.45, 2.75) is 6.18 Å². The maximum absolute atomic E-state index is 13.0. The van der Waals surface area contributed by atoms with Gasteiger partial charge in [0.1, 0.15) is 0 Å². The zero-order chi connectivity index (χ0) is 13.5. The number of hydrogen-bond donors (Lipinski definition) is 1. The van der Waals surface area contributed by atoms with E-state index in [9.17, 15) is 13.2 Å². The second-order valence-corrected chi connectivity index (χ2v) is 4.15. The molecule has 3 rings (SSSR count). The van der Waals surface area contributed by atoms with Crippen molar-refractivity contribution in [3.63, 3.8) is 0 Å². The van der Waals surface area contributed by atoms with E-state index in [4.69, 9.17) is 0 Å². The van der Waals surface area contributed by atoms with Gasteiger partial charge in [-0.25, -0.2) is 4.98 Å². The second-order valence-electron chi connectivity index (χ2n) is 4.15. The number of aromatic nitrogens is 2. The van der Waals surface area contributed by atoms with Crippen LogP contribution in [0.5, 0.6) is 0 Å².